The van der Waals surface area contributed by atoms with Crippen molar-refractivity contribution in [3.63, 3.8) is 0 Å². The van der Waals surface area contributed by atoms with Crippen LogP contribution in [0.5, 0.6) is 0 Å². The Labute approximate surface area is 177 Å². The lowest BCUT2D eigenvalue weighted by atomic mass is 9.89. The Bertz CT molecular complexity index is 944. The third-order valence-electron chi connectivity index (χ3n) is 6.01. The quantitative estimate of drug-likeness (QED) is 0.793. The number of pyridine rings is 1. The van der Waals surface area contributed by atoms with Crippen LogP contribution >= 0.6 is 0 Å². The summed E-state index contributed by atoms with van der Waals surface area (Å²) in [4.78, 5) is 40.4. The van der Waals surface area contributed by atoms with E-state index >= 15 is 0 Å². The number of nitrogens with one attached hydrogen (secondary N) is 1. The second-order valence-corrected chi connectivity index (χ2v) is 7.96. The Kier molecular flexibility index (Phi) is 7.08. The first kappa shape index (κ1) is 21.8. The summed E-state index contributed by atoms with van der Waals surface area (Å²) in [6.45, 7) is 7.47. The van der Waals surface area contributed by atoms with Gasteiger partial charge in [0.2, 0.25) is 5.43 Å². The molecule has 6 nitrogen and oxygen atoms in total. The first-order valence-corrected chi connectivity index (χ1v) is 10.8. The number of rotatable bonds is 6. The van der Waals surface area contributed by atoms with Crippen LogP contribution in [0.3, 0.4) is 0 Å². The number of piperidine rings is 1. The molecule has 3 rings (SSSR count). The molecule has 160 valence electrons. The fourth-order valence-corrected chi connectivity index (χ4v) is 3.94. The highest BCUT2D eigenvalue weighted by atomic mass is 16.2. The molecule has 1 atom stereocenters. The normalized spacial score (nSPS) is 15.6. The van der Waals surface area contributed by atoms with Crippen LogP contribution in [-0.4, -0.2) is 40.9 Å². The standard InChI is InChI=1S/C24H31N3O3/c1-4-17(3)27-15-20(23(29)25-5-2)22(28)21(16-27)24(30)26-13-11-19(12-14-26)18-9-7-6-8-10-18/h6-10,15-17,19H,4-5,11-14H2,1-3H3,(H,25,29)/t17-/m1/s1. The van der Waals surface area contributed by atoms with Gasteiger partial charge in [-0.15, -0.1) is 0 Å². The van der Waals surface area contributed by atoms with Crippen molar-refractivity contribution >= 4 is 11.8 Å². The van der Waals surface area contributed by atoms with Crippen molar-refractivity contribution in [3.05, 3.63) is 69.6 Å². The molecule has 1 aromatic carbocycles. The van der Waals surface area contributed by atoms with Crippen molar-refractivity contribution in [2.45, 2.75) is 52.0 Å². The smallest absolute Gasteiger partial charge is 0.259 e. The van der Waals surface area contributed by atoms with E-state index in [9.17, 15) is 14.4 Å². The van der Waals surface area contributed by atoms with Crippen LogP contribution in [0.25, 0.3) is 0 Å². The van der Waals surface area contributed by atoms with E-state index in [1.54, 1.807) is 24.2 Å². The van der Waals surface area contributed by atoms with E-state index in [-0.39, 0.29) is 23.1 Å². The molecule has 2 aromatic rings. The molecule has 1 fully saturated rings. The van der Waals surface area contributed by atoms with Crippen LogP contribution < -0.4 is 10.7 Å². The largest absolute Gasteiger partial charge is 0.352 e. The van der Waals surface area contributed by atoms with Crippen LogP contribution in [0.4, 0.5) is 0 Å². The van der Waals surface area contributed by atoms with E-state index in [1.165, 1.54) is 5.56 Å². The molecule has 1 aromatic heterocycles. The number of benzene rings is 1. The topological polar surface area (TPSA) is 71.4 Å². The van der Waals surface area contributed by atoms with Crippen molar-refractivity contribution in [1.29, 1.82) is 0 Å². The summed E-state index contributed by atoms with van der Waals surface area (Å²) in [5.74, 6) is -0.291. The third kappa shape index (κ3) is 4.64. The van der Waals surface area contributed by atoms with Crippen LogP contribution in [0.2, 0.25) is 0 Å². The van der Waals surface area contributed by atoms with Crippen molar-refractivity contribution in [3.8, 4) is 0 Å². The predicted octanol–water partition coefficient (Wildman–Crippen LogP) is 3.59. The van der Waals surface area contributed by atoms with Gasteiger partial charge < -0.3 is 14.8 Å². The molecule has 1 saturated heterocycles. The lowest BCUT2D eigenvalue weighted by Crippen LogP contribution is -2.41. The molecule has 30 heavy (non-hydrogen) atoms. The Morgan fingerprint density at radius 3 is 2.30 bits per heavy atom. The molecular weight excluding hydrogens is 378 g/mol. The first-order chi connectivity index (χ1) is 14.5. The van der Waals surface area contributed by atoms with E-state index in [2.05, 4.69) is 17.4 Å². The van der Waals surface area contributed by atoms with Crippen molar-refractivity contribution in [1.82, 2.24) is 14.8 Å². The summed E-state index contributed by atoms with van der Waals surface area (Å²) in [5.41, 5.74) is 0.914. The zero-order chi connectivity index (χ0) is 21.7. The van der Waals surface area contributed by atoms with Gasteiger partial charge in [0.05, 0.1) is 0 Å². The number of amides is 2. The van der Waals surface area contributed by atoms with Gasteiger partial charge in [-0.25, -0.2) is 0 Å². The Morgan fingerprint density at radius 2 is 1.70 bits per heavy atom. The molecule has 1 N–H and O–H groups in total. The van der Waals surface area contributed by atoms with Crippen LogP contribution in [0, 0.1) is 0 Å². The number of nitrogens with zero attached hydrogens (tertiary/aromatic N) is 2. The Morgan fingerprint density at radius 1 is 1.07 bits per heavy atom. The molecule has 2 amide bonds. The van der Waals surface area contributed by atoms with Gasteiger partial charge >= 0.3 is 0 Å². The summed E-state index contributed by atoms with van der Waals surface area (Å²) in [7, 11) is 0. The number of hydrogen-bond donors (Lipinski definition) is 1. The molecule has 1 aliphatic rings. The summed E-state index contributed by atoms with van der Waals surface area (Å²) in [5, 5.41) is 2.68. The molecule has 2 heterocycles. The van der Waals surface area contributed by atoms with Gasteiger partial charge in [-0.3, -0.25) is 14.4 Å². The predicted molar refractivity (Wildman–Crippen MR) is 118 cm³/mol. The second-order valence-electron chi connectivity index (χ2n) is 7.96. The number of carbonyl (C=O) groups excluding carboxylic acids is 2. The second kappa shape index (κ2) is 9.74. The number of hydrogen-bond acceptors (Lipinski definition) is 3. The van der Waals surface area contributed by atoms with Gasteiger partial charge in [0.25, 0.3) is 11.8 Å². The van der Waals surface area contributed by atoms with Crippen molar-refractivity contribution in [2.24, 2.45) is 0 Å². The molecule has 0 saturated carbocycles. The summed E-state index contributed by atoms with van der Waals surface area (Å²) in [6, 6.07) is 10.4. The van der Waals surface area contributed by atoms with E-state index in [0.717, 1.165) is 19.3 Å². The molecule has 0 aliphatic carbocycles. The maximum atomic E-state index is 13.2. The minimum Gasteiger partial charge on any atom is -0.352 e. The molecule has 1 aliphatic heterocycles. The first-order valence-electron chi connectivity index (χ1n) is 10.8. The average Bonchev–Trinajstić information content (AvgIpc) is 2.79. The molecule has 0 radical (unpaired) electrons. The Balaban J connectivity index is 1.85. The zero-order valence-electron chi connectivity index (χ0n) is 18.1. The lowest BCUT2D eigenvalue weighted by molar-refractivity contribution is 0.0710. The summed E-state index contributed by atoms with van der Waals surface area (Å²) < 4.78 is 1.82. The highest BCUT2D eigenvalue weighted by Crippen LogP contribution is 2.28. The third-order valence-corrected chi connectivity index (χ3v) is 6.01. The highest BCUT2D eigenvalue weighted by Gasteiger charge is 2.28. The lowest BCUT2D eigenvalue weighted by Gasteiger charge is -2.32. The van der Waals surface area contributed by atoms with Crippen molar-refractivity contribution < 1.29 is 9.59 Å². The zero-order valence-corrected chi connectivity index (χ0v) is 18.1. The van der Waals surface area contributed by atoms with Gasteiger partial charge in [0.1, 0.15) is 11.1 Å². The maximum Gasteiger partial charge on any atom is 0.259 e. The van der Waals surface area contributed by atoms with Crippen LogP contribution in [0.1, 0.15) is 78.3 Å². The Hall–Kier alpha value is -2.89. The molecule has 0 unspecified atom stereocenters. The van der Waals surface area contributed by atoms with Crippen LogP contribution in [-0.2, 0) is 0 Å². The van der Waals surface area contributed by atoms with Gasteiger partial charge in [0, 0.05) is 38.1 Å². The summed E-state index contributed by atoms with van der Waals surface area (Å²) >= 11 is 0. The number of aromatic nitrogens is 1. The number of carbonyl (C=O) groups is 2. The molecular formula is C24H31N3O3. The number of likely N-dealkylation sites (tertiary alicyclic amines) is 1. The molecule has 0 spiro atoms. The van der Waals surface area contributed by atoms with Gasteiger partial charge in [-0.05, 0) is 44.6 Å². The maximum absolute atomic E-state index is 13.2. The van der Waals surface area contributed by atoms with Crippen molar-refractivity contribution in [2.75, 3.05) is 19.6 Å². The van der Waals surface area contributed by atoms with Gasteiger partial charge in [0.15, 0.2) is 0 Å². The summed E-state index contributed by atoms with van der Waals surface area (Å²) in [6.07, 6.45) is 5.75. The minimum atomic E-state index is -0.490. The fourth-order valence-electron chi connectivity index (χ4n) is 3.94. The molecule has 0 bridgehead atoms. The SMILES string of the molecule is CCNC(=O)c1cn([C@H](C)CC)cc(C(=O)N2CCC(c3ccccc3)CC2)c1=O. The van der Waals surface area contributed by atoms with Crippen LogP contribution in [0.15, 0.2) is 47.5 Å². The fraction of sp³-hybridized carbons (Fsp3) is 0.458. The van der Waals surface area contributed by atoms with E-state index in [0.29, 0.717) is 25.6 Å². The monoisotopic (exact) mass is 409 g/mol. The van der Waals surface area contributed by atoms with E-state index in [4.69, 9.17) is 0 Å². The van der Waals surface area contributed by atoms with Gasteiger partial charge in [-0.1, -0.05) is 37.3 Å². The van der Waals surface area contributed by atoms with Gasteiger partial charge in [-0.2, -0.15) is 0 Å². The van der Waals surface area contributed by atoms with E-state index in [1.807, 2.05) is 36.6 Å². The highest BCUT2D eigenvalue weighted by molar-refractivity contribution is 5.99. The minimum absolute atomic E-state index is 0.0298. The average molecular weight is 410 g/mol. The van der Waals surface area contributed by atoms with E-state index < -0.39 is 11.3 Å². The molecule has 6 heteroatoms.